The van der Waals surface area contributed by atoms with E-state index in [9.17, 15) is 24.3 Å². The second kappa shape index (κ2) is 14.1. The Morgan fingerprint density at radius 2 is 1.92 bits per heavy atom. The Kier molecular flexibility index (Phi) is 10.9. The summed E-state index contributed by atoms with van der Waals surface area (Å²) in [6.45, 7) is 4.54. The second-order valence-electron chi connectivity index (χ2n) is 10.4. The quantitative estimate of drug-likeness (QED) is 0.194. The van der Waals surface area contributed by atoms with Crippen LogP contribution in [0.2, 0.25) is 0 Å². The molecule has 214 valence electrons. The highest BCUT2D eigenvalue weighted by Gasteiger charge is 2.38. The van der Waals surface area contributed by atoms with E-state index in [0.717, 1.165) is 29.3 Å². The van der Waals surface area contributed by atoms with E-state index in [2.05, 4.69) is 15.6 Å². The van der Waals surface area contributed by atoms with Gasteiger partial charge in [0.2, 0.25) is 17.7 Å². The molecule has 1 fully saturated rings. The monoisotopic (exact) mass is 542 g/mol. The van der Waals surface area contributed by atoms with Gasteiger partial charge in [-0.15, -0.1) is 0 Å². The lowest BCUT2D eigenvalue weighted by atomic mass is 9.98. The van der Waals surface area contributed by atoms with Gasteiger partial charge in [-0.2, -0.15) is 0 Å². The number of carbonyl (C=O) groups is 4. The first kappa shape index (κ1) is 30.1. The van der Waals surface area contributed by atoms with Gasteiger partial charge in [-0.1, -0.05) is 44.9 Å². The number of aromatic amines is 1. The van der Waals surface area contributed by atoms with Gasteiger partial charge in [0.1, 0.15) is 18.1 Å². The van der Waals surface area contributed by atoms with Gasteiger partial charge in [0.25, 0.3) is 0 Å². The van der Waals surface area contributed by atoms with Crippen LogP contribution in [0.5, 0.6) is 0 Å². The molecular weight excluding hydrogens is 500 g/mol. The molecule has 5 unspecified atom stereocenters. The summed E-state index contributed by atoms with van der Waals surface area (Å²) in [4.78, 5) is 56.5. The van der Waals surface area contributed by atoms with E-state index >= 15 is 0 Å². The predicted octanol–water partition coefficient (Wildman–Crippen LogP) is 1.26. The Bertz CT molecular complexity index is 1150. The van der Waals surface area contributed by atoms with Crippen molar-refractivity contribution in [3.63, 3.8) is 0 Å². The molecule has 3 rings (SSSR count). The standard InChI is InChI=1S/C28H42N6O5/c1-3-17(2)24(28(38)39)33-25(35)22(15-18-16-31-21-11-5-4-9-19(18)21)32-26(36)23-12-8-14-34(23)27(37)20(30)10-6-7-13-29/h4-5,9,11,16-17,20,22-24,31H,3,6-8,10,12-15,29-30H2,1-2H3,(H,32,36)(H,33,35)(H,38,39). The van der Waals surface area contributed by atoms with Crippen molar-refractivity contribution in [2.75, 3.05) is 13.1 Å². The van der Waals surface area contributed by atoms with Crippen LogP contribution in [0, 0.1) is 5.92 Å². The number of aromatic nitrogens is 1. The number of para-hydroxylation sites is 1. The number of carbonyl (C=O) groups excluding carboxylic acids is 3. The highest BCUT2D eigenvalue weighted by Crippen LogP contribution is 2.22. The first-order valence-electron chi connectivity index (χ1n) is 13.8. The fourth-order valence-electron chi connectivity index (χ4n) is 5.08. The summed E-state index contributed by atoms with van der Waals surface area (Å²) < 4.78 is 0. The van der Waals surface area contributed by atoms with E-state index in [0.29, 0.717) is 38.8 Å². The molecule has 0 saturated carbocycles. The van der Waals surface area contributed by atoms with Gasteiger partial charge < -0.3 is 37.1 Å². The van der Waals surface area contributed by atoms with Crippen molar-refractivity contribution in [3.05, 3.63) is 36.0 Å². The van der Waals surface area contributed by atoms with E-state index in [1.807, 2.05) is 31.2 Å². The lowest BCUT2D eigenvalue weighted by Crippen LogP contribution is -2.57. The van der Waals surface area contributed by atoms with Gasteiger partial charge in [0.05, 0.1) is 6.04 Å². The number of carboxylic acids is 1. The van der Waals surface area contributed by atoms with Gasteiger partial charge in [0.15, 0.2) is 0 Å². The van der Waals surface area contributed by atoms with Crippen LogP contribution in [-0.2, 0) is 25.6 Å². The number of likely N-dealkylation sites (tertiary alicyclic amines) is 1. The highest BCUT2D eigenvalue weighted by molar-refractivity contribution is 5.95. The van der Waals surface area contributed by atoms with Gasteiger partial charge in [-0.25, -0.2) is 4.79 Å². The number of rotatable bonds is 14. The highest BCUT2D eigenvalue weighted by atomic mass is 16.4. The lowest BCUT2D eigenvalue weighted by Gasteiger charge is -2.29. The van der Waals surface area contributed by atoms with Crippen LogP contribution in [0.25, 0.3) is 10.9 Å². The molecule has 2 aromatic rings. The summed E-state index contributed by atoms with van der Waals surface area (Å²) in [5.41, 5.74) is 13.4. The van der Waals surface area contributed by atoms with Crippen LogP contribution in [-0.4, -0.2) is 75.9 Å². The Hall–Kier alpha value is -3.44. The van der Waals surface area contributed by atoms with Crippen LogP contribution in [0.4, 0.5) is 0 Å². The zero-order chi connectivity index (χ0) is 28.5. The number of hydrogen-bond donors (Lipinski definition) is 6. The molecule has 1 aliphatic rings. The molecule has 11 nitrogen and oxygen atoms in total. The minimum absolute atomic E-state index is 0.147. The SMILES string of the molecule is CCC(C)C(NC(=O)C(Cc1c[nH]c2ccccc12)NC(=O)C1CCCN1C(=O)C(N)CCCCN)C(=O)O. The number of fused-ring (bicyclic) bond motifs is 1. The van der Waals surface area contributed by atoms with Crippen LogP contribution >= 0.6 is 0 Å². The number of nitrogens with zero attached hydrogens (tertiary/aromatic N) is 1. The topological polar surface area (TPSA) is 184 Å². The number of carboxylic acid groups (broad SMARTS) is 1. The molecule has 39 heavy (non-hydrogen) atoms. The smallest absolute Gasteiger partial charge is 0.326 e. The van der Waals surface area contributed by atoms with Crippen molar-refractivity contribution in [2.24, 2.45) is 17.4 Å². The molecule has 5 atom stereocenters. The molecule has 1 aliphatic heterocycles. The van der Waals surface area contributed by atoms with Crippen molar-refractivity contribution >= 4 is 34.6 Å². The van der Waals surface area contributed by atoms with Crippen LogP contribution in [0.3, 0.4) is 0 Å². The van der Waals surface area contributed by atoms with E-state index in [4.69, 9.17) is 11.5 Å². The Morgan fingerprint density at radius 3 is 2.62 bits per heavy atom. The molecule has 2 heterocycles. The first-order chi connectivity index (χ1) is 18.7. The molecule has 11 heteroatoms. The molecule has 0 spiro atoms. The average molecular weight is 543 g/mol. The number of nitrogens with one attached hydrogen (secondary N) is 3. The maximum Gasteiger partial charge on any atom is 0.326 e. The van der Waals surface area contributed by atoms with Crippen molar-refractivity contribution in [2.45, 2.75) is 83.0 Å². The molecular formula is C28H42N6O5. The lowest BCUT2D eigenvalue weighted by molar-refractivity contribution is -0.144. The molecule has 0 aliphatic carbocycles. The molecule has 1 aromatic carbocycles. The van der Waals surface area contributed by atoms with E-state index in [1.165, 1.54) is 4.90 Å². The van der Waals surface area contributed by atoms with Crippen molar-refractivity contribution < 1.29 is 24.3 Å². The number of hydrogen-bond acceptors (Lipinski definition) is 6. The van der Waals surface area contributed by atoms with E-state index in [-0.39, 0.29) is 18.2 Å². The summed E-state index contributed by atoms with van der Waals surface area (Å²) in [6, 6.07) is 4.00. The largest absolute Gasteiger partial charge is 0.480 e. The van der Waals surface area contributed by atoms with Crippen LogP contribution in [0.1, 0.15) is 57.9 Å². The Morgan fingerprint density at radius 1 is 1.18 bits per heavy atom. The van der Waals surface area contributed by atoms with E-state index < -0.39 is 42.0 Å². The Labute approximate surface area is 229 Å². The van der Waals surface area contributed by atoms with Crippen molar-refractivity contribution in [1.82, 2.24) is 20.5 Å². The fraction of sp³-hybridized carbons (Fsp3) is 0.571. The normalized spacial score (nSPS) is 18.4. The third-order valence-corrected chi connectivity index (χ3v) is 7.63. The second-order valence-corrected chi connectivity index (χ2v) is 10.4. The van der Waals surface area contributed by atoms with Crippen LogP contribution < -0.4 is 22.1 Å². The summed E-state index contributed by atoms with van der Waals surface area (Å²) in [6.07, 6.45) is 5.57. The van der Waals surface area contributed by atoms with Crippen molar-refractivity contribution in [1.29, 1.82) is 0 Å². The number of nitrogens with two attached hydrogens (primary N) is 2. The third kappa shape index (κ3) is 7.57. The van der Waals surface area contributed by atoms with Crippen molar-refractivity contribution in [3.8, 4) is 0 Å². The number of unbranched alkanes of at least 4 members (excludes halogenated alkanes) is 1. The Balaban J connectivity index is 1.80. The van der Waals surface area contributed by atoms with Gasteiger partial charge in [-0.05, 0) is 49.8 Å². The molecule has 8 N–H and O–H groups in total. The van der Waals surface area contributed by atoms with Gasteiger partial charge in [0, 0.05) is 30.1 Å². The van der Waals surface area contributed by atoms with Gasteiger partial charge >= 0.3 is 5.97 Å². The minimum atomic E-state index is -1.13. The summed E-state index contributed by atoms with van der Waals surface area (Å²) in [7, 11) is 0. The van der Waals surface area contributed by atoms with Crippen LogP contribution in [0.15, 0.2) is 30.5 Å². The molecule has 3 amide bonds. The number of H-pyrrole nitrogens is 1. The number of aliphatic carboxylic acids is 1. The zero-order valence-corrected chi connectivity index (χ0v) is 22.8. The molecule has 1 saturated heterocycles. The molecule has 1 aromatic heterocycles. The summed E-state index contributed by atoms with van der Waals surface area (Å²) >= 11 is 0. The molecule has 0 bridgehead atoms. The number of benzene rings is 1. The average Bonchev–Trinajstić information content (AvgIpc) is 3.58. The third-order valence-electron chi connectivity index (χ3n) is 7.63. The number of amides is 3. The van der Waals surface area contributed by atoms with Gasteiger partial charge in [-0.3, -0.25) is 14.4 Å². The van der Waals surface area contributed by atoms with E-state index in [1.54, 1.807) is 13.1 Å². The summed E-state index contributed by atoms with van der Waals surface area (Å²) in [5.74, 6) is -2.77. The summed E-state index contributed by atoms with van der Waals surface area (Å²) in [5, 5.41) is 16.1. The minimum Gasteiger partial charge on any atom is -0.480 e. The zero-order valence-electron chi connectivity index (χ0n) is 22.8. The fourth-order valence-corrected chi connectivity index (χ4v) is 5.08. The maximum absolute atomic E-state index is 13.5. The molecule has 0 radical (unpaired) electrons. The first-order valence-corrected chi connectivity index (χ1v) is 13.8. The predicted molar refractivity (Wildman–Crippen MR) is 149 cm³/mol. The maximum atomic E-state index is 13.5.